The molecule has 2 N–H and O–H groups in total. The first-order valence-corrected chi connectivity index (χ1v) is 8.12. The fourth-order valence-corrected chi connectivity index (χ4v) is 2.19. The lowest BCUT2D eigenvalue weighted by Crippen LogP contribution is -2.24. The lowest BCUT2D eigenvalue weighted by Gasteiger charge is -2.12. The highest BCUT2D eigenvalue weighted by Crippen LogP contribution is 2.03. The van der Waals surface area contributed by atoms with Crippen LogP contribution in [-0.2, 0) is 49.9 Å². The van der Waals surface area contributed by atoms with Gasteiger partial charge in [-0.15, -0.1) is 0 Å². The molecule has 0 saturated carbocycles. The van der Waals surface area contributed by atoms with Gasteiger partial charge in [0.05, 0.1) is 25.4 Å². The zero-order valence-electron chi connectivity index (χ0n) is 9.95. The minimum atomic E-state index is -4.36. The number of rotatable bonds is 10. The van der Waals surface area contributed by atoms with E-state index in [1.165, 1.54) is 13.8 Å². The van der Waals surface area contributed by atoms with Gasteiger partial charge in [-0.25, -0.2) is 8.37 Å². The summed E-state index contributed by atoms with van der Waals surface area (Å²) < 4.78 is 76.8. The molecule has 0 rings (SSSR count). The van der Waals surface area contributed by atoms with Crippen LogP contribution < -0.4 is 0 Å². The molecule has 0 bridgehead atoms. The highest BCUT2D eigenvalue weighted by molar-refractivity contribution is 7.81. The molecule has 13 heteroatoms. The molecular formula is C6H14O10S3. The maximum Gasteiger partial charge on any atom is 0.400 e. The van der Waals surface area contributed by atoms with E-state index in [2.05, 4.69) is 16.7 Å². The second-order valence-corrected chi connectivity index (χ2v) is 5.77. The number of hydrogen-bond donors (Lipinski definition) is 2. The molecule has 19 heavy (non-hydrogen) atoms. The average molecular weight is 342 g/mol. The third kappa shape index (κ3) is 11.5. The summed E-state index contributed by atoms with van der Waals surface area (Å²) in [6.07, 6.45) is -1.91. The molecular weight excluding hydrogens is 328 g/mol. The topological polar surface area (TPSA) is 146 Å². The monoisotopic (exact) mass is 342 g/mol. The maximum absolute atomic E-state index is 11.2. The first-order valence-electron chi connectivity index (χ1n) is 4.72. The largest absolute Gasteiger partial charge is 0.400 e. The Balaban J connectivity index is 4.05. The zero-order chi connectivity index (χ0) is 15.1. The first kappa shape index (κ1) is 19.0. The molecule has 0 radical (unpaired) electrons. The Kier molecular flexibility index (Phi) is 9.04. The van der Waals surface area contributed by atoms with Crippen LogP contribution in [0.3, 0.4) is 0 Å². The first-order chi connectivity index (χ1) is 8.62. The molecule has 0 aromatic rings. The normalized spacial score (nSPS) is 18.7. The van der Waals surface area contributed by atoms with Crippen LogP contribution in [0.5, 0.6) is 0 Å². The van der Waals surface area contributed by atoms with Crippen molar-refractivity contribution in [2.24, 2.45) is 0 Å². The Hall–Kier alpha value is 0.01000. The average Bonchev–Trinajstić information content (AvgIpc) is 2.22. The minimum Gasteiger partial charge on any atom is -0.284 e. The molecule has 4 unspecified atom stereocenters. The Bertz CT molecular complexity index is 373. The van der Waals surface area contributed by atoms with Gasteiger partial charge in [0.25, 0.3) is 0 Å². The van der Waals surface area contributed by atoms with E-state index in [1.54, 1.807) is 0 Å². The fraction of sp³-hybridized carbons (Fsp3) is 1.00. The molecule has 0 saturated heterocycles. The van der Waals surface area contributed by atoms with Crippen LogP contribution in [0.2, 0.25) is 0 Å². The van der Waals surface area contributed by atoms with Gasteiger partial charge in [0.2, 0.25) is 0 Å². The lowest BCUT2D eigenvalue weighted by atomic mass is 10.5. The molecule has 0 spiro atoms. The van der Waals surface area contributed by atoms with Crippen molar-refractivity contribution in [2.45, 2.75) is 26.1 Å². The second-order valence-electron chi connectivity index (χ2n) is 3.23. The van der Waals surface area contributed by atoms with Gasteiger partial charge < -0.3 is 0 Å². The number of hydrogen-bond acceptors (Lipinski definition) is 8. The maximum atomic E-state index is 11.2. The van der Waals surface area contributed by atoms with Gasteiger partial charge in [-0.2, -0.15) is 16.8 Å². The molecule has 0 aliphatic heterocycles. The van der Waals surface area contributed by atoms with Crippen LogP contribution in [0.1, 0.15) is 13.8 Å². The van der Waals surface area contributed by atoms with E-state index in [9.17, 15) is 16.8 Å². The van der Waals surface area contributed by atoms with Crippen LogP contribution in [-0.4, -0.2) is 51.4 Å². The molecule has 0 heterocycles. The molecule has 0 aliphatic carbocycles. The smallest absolute Gasteiger partial charge is 0.284 e. The van der Waals surface area contributed by atoms with Gasteiger partial charge in [0, 0.05) is 0 Å². The summed E-state index contributed by atoms with van der Waals surface area (Å²) in [7, 11) is -4.36. The standard InChI is InChI=1S/C6H14O10S3/c1-5(15-17(7)8)3-13-19(11,12)14-4-6(2)16-18(9)10/h5-6H,3-4H2,1-2H3,(H,7,8)(H,9,10). The summed E-state index contributed by atoms with van der Waals surface area (Å²) in [6, 6.07) is 0. The third-order valence-corrected chi connectivity index (χ3v) is 3.22. The van der Waals surface area contributed by atoms with E-state index in [-0.39, 0.29) is 0 Å². The van der Waals surface area contributed by atoms with Crippen LogP contribution in [0, 0.1) is 0 Å². The molecule has 0 aliphatic rings. The van der Waals surface area contributed by atoms with Crippen molar-refractivity contribution in [1.82, 2.24) is 0 Å². The van der Waals surface area contributed by atoms with Crippen molar-refractivity contribution in [2.75, 3.05) is 13.2 Å². The van der Waals surface area contributed by atoms with E-state index in [0.29, 0.717) is 0 Å². The van der Waals surface area contributed by atoms with Gasteiger partial charge in [-0.3, -0.25) is 17.5 Å². The van der Waals surface area contributed by atoms with Crippen molar-refractivity contribution < 1.29 is 42.7 Å². The molecule has 0 amide bonds. The highest BCUT2D eigenvalue weighted by Gasteiger charge is 2.18. The molecule has 0 aromatic carbocycles. The van der Waals surface area contributed by atoms with E-state index in [0.717, 1.165) is 0 Å². The summed E-state index contributed by atoms with van der Waals surface area (Å²) in [6.45, 7) is 1.56. The van der Waals surface area contributed by atoms with Crippen molar-refractivity contribution in [3.05, 3.63) is 0 Å². The highest BCUT2D eigenvalue weighted by atomic mass is 32.3. The third-order valence-electron chi connectivity index (χ3n) is 1.39. The molecule has 4 atom stereocenters. The molecule has 116 valence electrons. The Morgan fingerprint density at radius 3 is 1.53 bits per heavy atom. The summed E-state index contributed by atoms with van der Waals surface area (Å²) >= 11 is -5.08. The SMILES string of the molecule is CC(COS(=O)(=O)OCC(C)OS(=O)O)OS(=O)O. The fourth-order valence-electron chi connectivity index (χ4n) is 0.729. The predicted molar refractivity (Wildman–Crippen MR) is 63.5 cm³/mol. The van der Waals surface area contributed by atoms with Crippen LogP contribution in [0.25, 0.3) is 0 Å². The van der Waals surface area contributed by atoms with Crippen LogP contribution in [0.4, 0.5) is 0 Å². The molecule has 0 fully saturated rings. The van der Waals surface area contributed by atoms with Crippen LogP contribution >= 0.6 is 0 Å². The Morgan fingerprint density at radius 2 is 1.26 bits per heavy atom. The van der Waals surface area contributed by atoms with Gasteiger partial charge in [-0.1, -0.05) is 0 Å². The van der Waals surface area contributed by atoms with Crippen molar-refractivity contribution in [1.29, 1.82) is 0 Å². The summed E-state index contributed by atoms with van der Waals surface area (Å²) in [5, 5.41) is 0. The summed E-state index contributed by atoms with van der Waals surface area (Å²) in [5.41, 5.74) is 0. The van der Waals surface area contributed by atoms with Crippen molar-refractivity contribution in [3.63, 3.8) is 0 Å². The van der Waals surface area contributed by atoms with E-state index in [1.807, 2.05) is 0 Å². The Labute approximate surface area is 115 Å². The van der Waals surface area contributed by atoms with Gasteiger partial charge in [0.1, 0.15) is 0 Å². The van der Waals surface area contributed by atoms with Crippen molar-refractivity contribution >= 4 is 33.1 Å². The van der Waals surface area contributed by atoms with Crippen molar-refractivity contribution in [3.8, 4) is 0 Å². The molecule has 0 aromatic heterocycles. The quantitative estimate of drug-likeness (QED) is 0.491. The zero-order valence-corrected chi connectivity index (χ0v) is 12.4. The Morgan fingerprint density at radius 1 is 0.947 bits per heavy atom. The van der Waals surface area contributed by atoms with Crippen LogP contribution in [0.15, 0.2) is 0 Å². The minimum absolute atomic E-state index is 0.532. The van der Waals surface area contributed by atoms with E-state index >= 15 is 0 Å². The van der Waals surface area contributed by atoms with Gasteiger partial charge in [0.15, 0.2) is 0 Å². The van der Waals surface area contributed by atoms with E-state index in [4.69, 9.17) is 9.11 Å². The van der Waals surface area contributed by atoms with Gasteiger partial charge in [-0.05, 0) is 13.8 Å². The van der Waals surface area contributed by atoms with E-state index < -0.39 is 58.5 Å². The summed E-state index contributed by atoms with van der Waals surface area (Å²) in [5.74, 6) is 0. The second kappa shape index (κ2) is 9.04. The summed E-state index contributed by atoms with van der Waals surface area (Å²) in [4.78, 5) is 0. The lowest BCUT2D eigenvalue weighted by molar-refractivity contribution is 0.106. The predicted octanol–water partition coefficient (Wildman–Crippen LogP) is -0.652. The molecule has 10 nitrogen and oxygen atoms in total. The van der Waals surface area contributed by atoms with Gasteiger partial charge >= 0.3 is 33.1 Å².